The summed E-state index contributed by atoms with van der Waals surface area (Å²) in [4.78, 5) is 0. The summed E-state index contributed by atoms with van der Waals surface area (Å²) < 4.78 is 27.2. The Morgan fingerprint density at radius 1 is 1.07 bits per heavy atom. The van der Waals surface area contributed by atoms with Crippen LogP contribution in [0.2, 0.25) is 0 Å². The zero-order chi connectivity index (χ0) is 11.4. The molecule has 4 heteroatoms. The largest absolute Gasteiger partial charge is 0.270 e. The van der Waals surface area contributed by atoms with Gasteiger partial charge in [-0.15, -0.1) is 0 Å². The van der Waals surface area contributed by atoms with Crippen molar-refractivity contribution < 1.29 is 12.6 Å². The van der Waals surface area contributed by atoms with Crippen LogP contribution in [0.4, 0.5) is 0 Å². The van der Waals surface area contributed by atoms with Crippen molar-refractivity contribution in [2.75, 3.05) is 5.75 Å². The molecule has 1 rings (SSSR count). The lowest BCUT2D eigenvalue weighted by Gasteiger charge is -2.40. The van der Waals surface area contributed by atoms with E-state index in [0.29, 0.717) is 0 Å². The molecule has 0 amide bonds. The van der Waals surface area contributed by atoms with Crippen LogP contribution in [-0.2, 0) is 14.3 Å². The van der Waals surface area contributed by atoms with Gasteiger partial charge < -0.3 is 0 Å². The van der Waals surface area contributed by atoms with Crippen molar-refractivity contribution in [2.45, 2.75) is 64.4 Å². The Morgan fingerprint density at radius 2 is 1.73 bits per heavy atom. The Hall–Kier alpha value is -0.0900. The third kappa shape index (κ3) is 3.76. The quantitative estimate of drug-likeness (QED) is 0.502. The molecule has 3 nitrogen and oxygen atoms in total. The number of unbranched alkanes of at least 4 members (excludes halogenated alkanes) is 3. The molecule has 1 atom stereocenters. The third-order valence-electron chi connectivity index (χ3n) is 2.94. The Kier molecular flexibility index (Phi) is 4.59. The van der Waals surface area contributed by atoms with Gasteiger partial charge in [0.25, 0.3) is 10.1 Å². The summed E-state index contributed by atoms with van der Waals surface area (Å²) in [5.41, 5.74) is -0.332. The first-order valence-electron chi connectivity index (χ1n) is 5.97. The molecule has 1 fully saturated rings. The highest BCUT2D eigenvalue weighted by atomic mass is 32.2. The van der Waals surface area contributed by atoms with Gasteiger partial charge >= 0.3 is 0 Å². The van der Waals surface area contributed by atoms with Crippen molar-refractivity contribution >= 4 is 10.1 Å². The van der Waals surface area contributed by atoms with Crippen molar-refractivity contribution in [1.29, 1.82) is 0 Å². The topological polar surface area (TPSA) is 43.4 Å². The molecule has 1 unspecified atom stereocenters. The summed E-state index contributed by atoms with van der Waals surface area (Å²) in [6.45, 7) is 4.24. The fourth-order valence-corrected chi connectivity index (χ4v) is 3.89. The average Bonchev–Trinajstić information content (AvgIpc) is 2.10. The number of hydrogen-bond donors (Lipinski definition) is 0. The standard InChI is InChI=1S/C11H22O3S/c1-3-5-6-7-9-11(8-4-2)10-15(12,13)14-11/h3-10H2,1-2H3. The smallest absolute Gasteiger partial charge is 0.262 e. The minimum atomic E-state index is -3.15. The van der Waals surface area contributed by atoms with Crippen LogP contribution in [0.3, 0.4) is 0 Å². The molecule has 1 aliphatic heterocycles. The van der Waals surface area contributed by atoms with Crippen molar-refractivity contribution in [2.24, 2.45) is 0 Å². The van der Waals surface area contributed by atoms with E-state index in [1.54, 1.807) is 0 Å². The summed E-state index contributed by atoms with van der Waals surface area (Å²) in [6, 6.07) is 0. The van der Waals surface area contributed by atoms with Crippen LogP contribution in [0, 0.1) is 0 Å². The van der Waals surface area contributed by atoms with Gasteiger partial charge in [0, 0.05) is 0 Å². The normalized spacial score (nSPS) is 28.7. The molecule has 0 aromatic heterocycles. The van der Waals surface area contributed by atoms with Crippen molar-refractivity contribution in [3.63, 3.8) is 0 Å². The second kappa shape index (κ2) is 5.30. The summed E-state index contributed by atoms with van der Waals surface area (Å²) in [5.74, 6) is 0.236. The van der Waals surface area contributed by atoms with E-state index >= 15 is 0 Å². The lowest BCUT2D eigenvalue weighted by molar-refractivity contribution is 0.0331. The Balaban J connectivity index is 2.33. The van der Waals surface area contributed by atoms with Crippen LogP contribution in [0.15, 0.2) is 0 Å². The molecular weight excluding hydrogens is 212 g/mol. The summed E-state index contributed by atoms with van der Waals surface area (Å²) >= 11 is 0. The van der Waals surface area contributed by atoms with E-state index in [1.807, 2.05) is 0 Å². The third-order valence-corrected chi connectivity index (χ3v) is 4.42. The van der Waals surface area contributed by atoms with Gasteiger partial charge in [0.15, 0.2) is 0 Å². The van der Waals surface area contributed by atoms with Crippen molar-refractivity contribution in [1.82, 2.24) is 0 Å². The minimum absolute atomic E-state index is 0.236. The molecular formula is C11H22O3S. The maximum Gasteiger partial charge on any atom is 0.270 e. The maximum absolute atomic E-state index is 11.0. The summed E-state index contributed by atoms with van der Waals surface area (Å²) in [5, 5.41) is 0. The SMILES string of the molecule is CCCCCCC1(CCC)CS(=O)(=O)O1. The molecule has 0 saturated carbocycles. The Morgan fingerprint density at radius 3 is 2.20 bits per heavy atom. The molecule has 0 N–H and O–H groups in total. The van der Waals surface area contributed by atoms with E-state index in [0.717, 1.165) is 25.7 Å². The summed E-state index contributed by atoms with van der Waals surface area (Å²) in [7, 11) is -3.15. The maximum atomic E-state index is 11.0. The first kappa shape index (κ1) is 13.0. The average molecular weight is 234 g/mol. The van der Waals surface area contributed by atoms with Crippen molar-refractivity contribution in [3.05, 3.63) is 0 Å². The zero-order valence-corrected chi connectivity index (χ0v) is 10.6. The first-order chi connectivity index (χ1) is 7.04. The highest BCUT2D eigenvalue weighted by Gasteiger charge is 2.48. The fraction of sp³-hybridized carbons (Fsp3) is 1.00. The molecule has 0 aromatic carbocycles. The van der Waals surface area contributed by atoms with E-state index in [-0.39, 0.29) is 11.4 Å². The Bertz CT molecular complexity index is 270. The van der Waals surface area contributed by atoms with Gasteiger partial charge in [-0.2, -0.15) is 8.42 Å². The van der Waals surface area contributed by atoms with Crippen LogP contribution >= 0.6 is 0 Å². The van der Waals surface area contributed by atoms with Gasteiger partial charge in [-0.3, -0.25) is 4.18 Å². The van der Waals surface area contributed by atoms with Crippen LogP contribution in [-0.4, -0.2) is 19.8 Å². The Labute approximate surface area is 93.3 Å². The lowest BCUT2D eigenvalue weighted by atomic mass is 9.93. The predicted molar refractivity (Wildman–Crippen MR) is 61.3 cm³/mol. The highest BCUT2D eigenvalue weighted by Crippen LogP contribution is 2.37. The monoisotopic (exact) mass is 234 g/mol. The van der Waals surface area contributed by atoms with Crippen LogP contribution < -0.4 is 0 Å². The van der Waals surface area contributed by atoms with Crippen LogP contribution in [0.25, 0.3) is 0 Å². The second-order valence-electron chi connectivity index (χ2n) is 4.53. The van der Waals surface area contributed by atoms with Gasteiger partial charge in [-0.05, 0) is 12.8 Å². The van der Waals surface area contributed by atoms with Crippen LogP contribution in [0.5, 0.6) is 0 Å². The van der Waals surface area contributed by atoms with Gasteiger partial charge in [0.2, 0.25) is 0 Å². The van der Waals surface area contributed by atoms with Crippen molar-refractivity contribution in [3.8, 4) is 0 Å². The molecule has 0 spiro atoms. The van der Waals surface area contributed by atoms with Gasteiger partial charge in [-0.1, -0.05) is 46.0 Å². The highest BCUT2D eigenvalue weighted by molar-refractivity contribution is 7.88. The van der Waals surface area contributed by atoms with E-state index < -0.39 is 10.1 Å². The summed E-state index contributed by atoms with van der Waals surface area (Å²) in [6.07, 6.45) is 7.48. The lowest BCUT2D eigenvalue weighted by Crippen LogP contribution is -2.52. The van der Waals surface area contributed by atoms with Gasteiger partial charge in [-0.25, -0.2) is 0 Å². The zero-order valence-electron chi connectivity index (χ0n) is 9.79. The van der Waals surface area contributed by atoms with Gasteiger partial charge in [0.05, 0.1) is 0 Å². The van der Waals surface area contributed by atoms with Gasteiger partial charge in [0.1, 0.15) is 11.4 Å². The molecule has 1 aliphatic rings. The molecule has 15 heavy (non-hydrogen) atoms. The number of hydrogen-bond acceptors (Lipinski definition) is 3. The fourth-order valence-electron chi connectivity index (χ4n) is 2.27. The molecule has 0 radical (unpaired) electrons. The van der Waals surface area contributed by atoms with Crippen LogP contribution in [0.1, 0.15) is 58.8 Å². The molecule has 0 aliphatic carbocycles. The second-order valence-corrected chi connectivity index (χ2v) is 6.10. The molecule has 0 aromatic rings. The molecule has 90 valence electrons. The molecule has 0 bridgehead atoms. The van der Waals surface area contributed by atoms with E-state index in [4.69, 9.17) is 4.18 Å². The molecule has 1 saturated heterocycles. The number of rotatable bonds is 7. The van der Waals surface area contributed by atoms with E-state index in [9.17, 15) is 8.42 Å². The van der Waals surface area contributed by atoms with E-state index in [2.05, 4.69) is 13.8 Å². The predicted octanol–water partition coefficient (Wildman–Crippen LogP) is 2.86. The minimum Gasteiger partial charge on any atom is -0.262 e. The molecule has 1 heterocycles. The first-order valence-corrected chi connectivity index (χ1v) is 7.55. The van der Waals surface area contributed by atoms with E-state index in [1.165, 1.54) is 19.3 Å².